The lowest BCUT2D eigenvalue weighted by atomic mass is 10.2. The molecule has 0 saturated heterocycles. The molecule has 0 fully saturated rings. The molecule has 0 aliphatic rings. The summed E-state index contributed by atoms with van der Waals surface area (Å²) in [6.07, 6.45) is -4.28. The fraction of sp³-hybridized carbons (Fsp3) is 0.211. The van der Waals surface area contributed by atoms with Crippen molar-refractivity contribution in [1.82, 2.24) is 19.7 Å². The molecule has 0 spiro atoms. The summed E-state index contributed by atoms with van der Waals surface area (Å²) >= 11 is 5.86. The molecule has 0 unspecified atom stereocenters. The predicted molar refractivity (Wildman–Crippen MR) is 108 cm³/mol. The summed E-state index contributed by atoms with van der Waals surface area (Å²) in [6.45, 7) is -0.295. The molecule has 0 atom stereocenters. The lowest BCUT2D eigenvalue weighted by Gasteiger charge is -2.15. The predicted octanol–water partition coefficient (Wildman–Crippen LogP) is 2.78. The Balaban J connectivity index is 2.09. The third-order valence-electron chi connectivity index (χ3n) is 4.14. The average Bonchev–Trinajstić information content (AvgIpc) is 2.70. The first-order valence-corrected chi connectivity index (χ1v) is 9.18. The molecule has 1 aromatic carbocycles. The Morgan fingerprint density at radius 2 is 1.97 bits per heavy atom. The maximum absolute atomic E-state index is 13.5. The molecular formula is C19H14ClF3N6O3. The number of hydrogen-bond acceptors (Lipinski definition) is 7. The Kier molecular flexibility index (Phi) is 6.22. The number of aromatic nitrogens is 4. The number of nitriles is 1. The highest BCUT2D eigenvalue weighted by Crippen LogP contribution is 2.35. The number of ether oxygens (including phenoxy) is 1. The number of alkyl halides is 3. The second kappa shape index (κ2) is 8.72. The Morgan fingerprint density at radius 1 is 1.25 bits per heavy atom. The Bertz CT molecular complexity index is 1330. The van der Waals surface area contributed by atoms with Crippen LogP contribution in [-0.4, -0.2) is 33.8 Å². The average molecular weight is 467 g/mol. The number of rotatable bonds is 5. The zero-order chi connectivity index (χ0) is 23.6. The number of benzene rings is 1. The summed E-state index contributed by atoms with van der Waals surface area (Å²) < 4.78 is 46.5. The first kappa shape index (κ1) is 22.8. The highest BCUT2D eigenvalue weighted by atomic mass is 35.5. The molecule has 0 aliphatic carbocycles. The van der Waals surface area contributed by atoms with Crippen LogP contribution in [-0.2, 0) is 12.7 Å². The van der Waals surface area contributed by atoms with Gasteiger partial charge >= 0.3 is 6.18 Å². The van der Waals surface area contributed by atoms with E-state index in [-0.39, 0.29) is 34.3 Å². The Hall–Kier alpha value is -3.85. The van der Waals surface area contributed by atoms with Crippen molar-refractivity contribution < 1.29 is 17.9 Å². The van der Waals surface area contributed by atoms with Gasteiger partial charge in [-0.3, -0.25) is 14.2 Å². The quantitative estimate of drug-likeness (QED) is 0.614. The lowest BCUT2D eigenvalue weighted by Crippen LogP contribution is -2.28. The number of H-pyrrole nitrogens is 1. The number of aromatic amines is 1. The van der Waals surface area contributed by atoms with E-state index in [1.54, 1.807) is 20.2 Å². The van der Waals surface area contributed by atoms with Crippen LogP contribution in [0.1, 0.15) is 17.0 Å². The van der Waals surface area contributed by atoms with Crippen molar-refractivity contribution in [2.45, 2.75) is 12.7 Å². The largest absolute Gasteiger partial charge is 0.449 e. The standard InChI is InChI=1S/C19H14ClF3N6O3/c1-28(2)14-6-12(26-27-17(14)30)8-29-9-25-16(19(21,22)23)15(18(29)31)32-13-4-10(7-24)3-11(20)5-13/h3-6,9H,8H2,1-2H3,(H,27,30). The summed E-state index contributed by atoms with van der Waals surface area (Å²) in [5.74, 6) is -1.34. The van der Waals surface area contributed by atoms with Gasteiger partial charge in [0.15, 0.2) is 5.69 Å². The van der Waals surface area contributed by atoms with Crippen LogP contribution in [0.25, 0.3) is 0 Å². The van der Waals surface area contributed by atoms with Gasteiger partial charge in [-0.05, 0) is 24.3 Å². The van der Waals surface area contributed by atoms with E-state index in [2.05, 4.69) is 15.2 Å². The van der Waals surface area contributed by atoms with Gasteiger partial charge in [-0.1, -0.05) is 11.6 Å². The smallest absolute Gasteiger partial charge is 0.437 e. The summed E-state index contributed by atoms with van der Waals surface area (Å²) in [6, 6.07) is 6.75. The van der Waals surface area contributed by atoms with Gasteiger partial charge in [0.05, 0.1) is 30.2 Å². The summed E-state index contributed by atoms with van der Waals surface area (Å²) in [5.41, 5.74) is -2.71. The fourth-order valence-electron chi connectivity index (χ4n) is 2.70. The van der Waals surface area contributed by atoms with Crippen LogP contribution < -0.4 is 20.8 Å². The Labute approximate surface area is 183 Å². The van der Waals surface area contributed by atoms with Crippen molar-refractivity contribution in [2.75, 3.05) is 19.0 Å². The monoisotopic (exact) mass is 466 g/mol. The van der Waals surface area contributed by atoms with E-state index in [0.29, 0.717) is 6.33 Å². The molecule has 0 bridgehead atoms. The molecule has 166 valence electrons. The van der Waals surface area contributed by atoms with Gasteiger partial charge in [0.2, 0.25) is 5.75 Å². The van der Waals surface area contributed by atoms with Crippen LogP contribution in [0.15, 0.2) is 40.2 Å². The Morgan fingerprint density at radius 3 is 2.59 bits per heavy atom. The number of nitrogens with zero attached hydrogens (tertiary/aromatic N) is 5. The van der Waals surface area contributed by atoms with E-state index in [0.717, 1.165) is 16.7 Å². The first-order chi connectivity index (χ1) is 15.0. The van der Waals surface area contributed by atoms with Crippen LogP contribution in [0, 0.1) is 11.3 Å². The normalized spacial score (nSPS) is 11.2. The van der Waals surface area contributed by atoms with Crippen LogP contribution in [0.5, 0.6) is 11.5 Å². The molecule has 13 heteroatoms. The van der Waals surface area contributed by atoms with Crippen molar-refractivity contribution in [2.24, 2.45) is 0 Å². The molecule has 0 aliphatic heterocycles. The van der Waals surface area contributed by atoms with Crippen molar-refractivity contribution in [3.63, 3.8) is 0 Å². The minimum atomic E-state index is -4.99. The third kappa shape index (κ3) is 4.89. The molecular weight excluding hydrogens is 453 g/mol. The maximum atomic E-state index is 13.5. The zero-order valence-electron chi connectivity index (χ0n) is 16.6. The fourth-order valence-corrected chi connectivity index (χ4v) is 2.93. The lowest BCUT2D eigenvalue weighted by molar-refractivity contribution is -0.142. The minimum Gasteiger partial charge on any atom is -0.449 e. The molecule has 3 rings (SSSR count). The molecule has 0 saturated carbocycles. The number of nitrogens with one attached hydrogen (secondary N) is 1. The topological polar surface area (TPSA) is 117 Å². The molecule has 32 heavy (non-hydrogen) atoms. The van der Waals surface area contributed by atoms with E-state index in [1.165, 1.54) is 17.0 Å². The first-order valence-electron chi connectivity index (χ1n) is 8.80. The van der Waals surface area contributed by atoms with Gasteiger partial charge in [-0.25, -0.2) is 10.1 Å². The van der Waals surface area contributed by atoms with Gasteiger partial charge in [-0.15, -0.1) is 0 Å². The van der Waals surface area contributed by atoms with E-state index < -0.39 is 28.7 Å². The highest BCUT2D eigenvalue weighted by molar-refractivity contribution is 6.30. The van der Waals surface area contributed by atoms with Gasteiger partial charge < -0.3 is 9.64 Å². The summed E-state index contributed by atoms with van der Waals surface area (Å²) in [4.78, 5) is 29.5. The second-order valence-corrected chi connectivity index (χ2v) is 7.15. The van der Waals surface area contributed by atoms with Crippen molar-refractivity contribution in [3.8, 4) is 17.6 Å². The van der Waals surface area contributed by atoms with E-state index >= 15 is 0 Å². The van der Waals surface area contributed by atoms with E-state index in [9.17, 15) is 22.8 Å². The third-order valence-corrected chi connectivity index (χ3v) is 4.35. The number of hydrogen-bond donors (Lipinski definition) is 1. The van der Waals surface area contributed by atoms with Crippen molar-refractivity contribution in [3.05, 3.63) is 73.3 Å². The van der Waals surface area contributed by atoms with Gasteiger partial charge in [0.25, 0.3) is 11.1 Å². The van der Waals surface area contributed by atoms with Crippen molar-refractivity contribution in [1.29, 1.82) is 5.26 Å². The minimum absolute atomic E-state index is 0.0268. The van der Waals surface area contributed by atoms with E-state index in [1.807, 2.05) is 0 Å². The van der Waals surface area contributed by atoms with Crippen molar-refractivity contribution >= 4 is 17.3 Å². The van der Waals surface area contributed by atoms with Crippen LogP contribution in [0.3, 0.4) is 0 Å². The highest BCUT2D eigenvalue weighted by Gasteiger charge is 2.38. The van der Waals surface area contributed by atoms with Gasteiger partial charge in [0.1, 0.15) is 11.4 Å². The number of anilines is 1. The van der Waals surface area contributed by atoms with E-state index in [4.69, 9.17) is 21.6 Å². The summed E-state index contributed by atoms with van der Waals surface area (Å²) in [7, 11) is 3.24. The zero-order valence-corrected chi connectivity index (χ0v) is 17.3. The molecule has 0 amide bonds. The molecule has 9 nitrogen and oxygen atoms in total. The molecule has 2 heterocycles. The van der Waals surface area contributed by atoms with Gasteiger partial charge in [0, 0.05) is 19.1 Å². The van der Waals surface area contributed by atoms with Crippen LogP contribution in [0.4, 0.5) is 18.9 Å². The number of halogens is 4. The van der Waals surface area contributed by atoms with Crippen LogP contribution in [0.2, 0.25) is 5.02 Å². The molecule has 0 radical (unpaired) electrons. The molecule has 3 aromatic rings. The molecule has 2 aromatic heterocycles. The second-order valence-electron chi connectivity index (χ2n) is 6.71. The molecule has 1 N–H and O–H groups in total. The SMILES string of the molecule is CN(C)c1cc(Cn2cnc(C(F)(F)F)c(Oc3cc(Cl)cc(C#N)c3)c2=O)n[nH]c1=O. The summed E-state index contributed by atoms with van der Waals surface area (Å²) in [5, 5.41) is 15.1. The maximum Gasteiger partial charge on any atom is 0.437 e. The van der Waals surface area contributed by atoms with Crippen LogP contribution >= 0.6 is 11.6 Å². The van der Waals surface area contributed by atoms with Gasteiger partial charge in [-0.2, -0.15) is 23.5 Å².